The summed E-state index contributed by atoms with van der Waals surface area (Å²) in [4.78, 5) is 10.6. The van der Waals surface area contributed by atoms with Crippen LogP contribution in [0.15, 0.2) is 0 Å². The summed E-state index contributed by atoms with van der Waals surface area (Å²) in [5.41, 5.74) is 0. The van der Waals surface area contributed by atoms with Crippen LogP contribution >= 0.6 is 0 Å². The molecule has 0 amide bonds. The first-order valence-corrected chi connectivity index (χ1v) is 4.03. The van der Waals surface area contributed by atoms with Crippen molar-refractivity contribution in [1.82, 2.24) is 5.32 Å². The molecule has 0 aromatic rings. The van der Waals surface area contributed by atoms with Crippen LogP contribution in [0.2, 0.25) is 0 Å². The minimum Gasteiger partial charge on any atom is -0.469 e. The Morgan fingerprint density at radius 2 is 2.25 bits per heavy atom. The van der Waals surface area contributed by atoms with Crippen LogP contribution in [0.4, 0.5) is 0 Å². The third-order valence-corrected chi connectivity index (χ3v) is 1.43. The normalized spacial score (nSPS) is 12.6. The fourth-order valence-corrected chi connectivity index (χ4v) is 0.792. The van der Waals surface area contributed by atoms with Gasteiger partial charge in [-0.1, -0.05) is 0 Å². The molecule has 0 bridgehead atoms. The second kappa shape index (κ2) is 7.06. The lowest BCUT2D eigenvalue weighted by Crippen LogP contribution is -2.24. The van der Waals surface area contributed by atoms with Crippen molar-refractivity contribution < 1.29 is 14.3 Å². The van der Waals surface area contributed by atoms with Gasteiger partial charge >= 0.3 is 5.97 Å². The van der Waals surface area contributed by atoms with Gasteiger partial charge in [-0.25, -0.2) is 0 Å². The van der Waals surface area contributed by atoms with Crippen LogP contribution in [0.1, 0.15) is 13.3 Å². The van der Waals surface area contributed by atoms with Crippen LogP contribution in [0.25, 0.3) is 0 Å². The Hall–Kier alpha value is -0.610. The average Bonchev–Trinajstić information content (AvgIpc) is 2.04. The van der Waals surface area contributed by atoms with E-state index in [2.05, 4.69) is 10.1 Å². The first-order chi connectivity index (χ1) is 5.70. The summed E-state index contributed by atoms with van der Waals surface area (Å²) in [6.07, 6.45) is 0.463. The van der Waals surface area contributed by atoms with Crippen molar-refractivity contribution in [2.75, 3.05) is 27.3 Å². The van der Waals surface area contributed by atoms with Gasteiger partial charge in [0.05, 0.1) is 26.2 Å². The topological polar surface area (TPSA) is 47.6 Å². The highest BCUT2D eigenvalue weighted by molar-refractivity contribution is 5.69. The number of rotatable bonds is 6. The lowest BCUT2D eigenvalue weighted by atomic mass is 10.4. The van der Waals surface area contributed by atoms with Crippen LogP contribution in [0.3, 0.4) is 0 Å². The lowest BCUT2D eigenvalue weighted by molar-refractivity contribution is -0.142. The molecule has 0 rings (SSSR count). The van der Waals surface area contributed by atoms with E-state index in [1.54, 1.807) is 0 Å². The molecular formula is C8H17NO3. The quantitative estimate of drug-likeness (QED) is 0.585. The molecule has 0 aliphatic heterocycles. The first-order valence-electron chi connectivity index (χ1n) is 4.03. The molecule has 72 valence electrons. The van der Waals surface area contributed by atoms with Gasteiger partial charge < -0.3 is 14.8 Å². The summed E-state index contributed by atoms with van der Waals surface area (Å²) in [6.45, 7) is 3.17. The fraction of sp³-hybridized carbons (Fsp3) is 0.875. The number of hydrogen-bond donors (Lipinski definition) is 1. The summed E-state index contributed by atoms with van der Waals surface area (Å²) in [6, 6.07) is 0. The number of carbonyl (C=O) groups excluding carboxylic acids is 1. The second-order valence-corrected chi connectivity index (χ2v) is 2.57. The molecular weight excluding hydrogens is 158 g/mol. The summed E-state index contributed by atoms with van der Waals surface area (Å²) >= 11 is 0. The zero-order valence-electron chi connectivity index (χ0n) is 7.92. The van der Waals surface area contributed by atoms with Crippen molar-refractivity contribution in [3.63, 3.8) is 0 Å². The summed E-state index contributed by atoms with van der Waals surface area (Å²) < 4.78 is 9.75. The zero-order chi connectivity index (χ0) is 9.40. The highest BCUT2D eigenvalue weighted by atomic mass is 16.5. The SMILES string of the molecule is CNCC(C)OCCC(=O)OC. The monoisotopic (exact) mass is 175 g/mol. The van der Waals surface area contributed by atoms with Crippen LogP contribution in [0.5, 0.6) is 0 Å². The van der Waals surface area contributed by atoms with E-state index in [1.807, 2.05) is 14.0 Å². The van der Waals surface area contributed by atoms with Gasteiger partial charge in [0.1, 0.15) is 0 Å². The molecule has 0 aliphatic rings. The van der Waals surface area contributed by atoms with E-state index in [9.17, 15) is 4.79 Å². The van der Waals surface area contributed by atoms with Gasteiger partial charge in [-0.2, -0.15) is 0 Å². The molecule has 0 aromatic carbocycles. The van der Waals surface area contributed by atoms with E-state index in [0.717, 1.165) is 6.54 Å². The largest absolute Gasteiger partial charge is 0.469 e. The summed E-state index contributed by atoms with van der Waals surface area (Å²) in [5, 5.41) is 2.98. The van der Waals surface area contributed by atoms with Crippen molar-refractivity contribution >= 4 is 5.97 Å². The maximum Gasteiger partial charge on any atom is 0.307 e. The maximum absolute atomic E-state index is 10.6. The number of esters is 1. The zero-order valence-corrected chi connectivity index (χ0v) is 7.92. The van der Waals surface area contributed by atoms with E-state index in [-0.39, 0.29) is 12.1 Å². The highest BCUT2D eigenvalue weighted by Crippen LogP contribution is 1.92. The van der Waals surface area contributed by atoms with Gasteiger partial charge in [0.25, 0.3) is 0 Å². The van der Waals surface area contributed by atoms with Gasteiger partial charge in [-0.05, 0) is 14.0 Å². The Bertz CT molecular complexity index is 127. The average molecular weight is 175 g/mol. The molecule has 1 atom stereocenters. The number of methoxy groups -OCH3 is 1. The Balaban J connectivity index is 3.24. The Morgan fingerprint density at radius 1 is 1.58 bits per heavy atom. The van der Waals surface area contributed by atoms with Crippen molar-refractivity contribution in [2.45, 2.75) is 19.4 Å². The third-order valence-electron chi connectivity index (χ3n) is 1.43. The molecule has 0 spiro atoms. The Kier molecular flexibility index (Phi) is 6.70. The van der Waals surface area contributed by atoms with E-state index >= 15 is 0 Å². The lowest BCUT2D eigenvalue weighted by Gasteiger charge is -2.11. The predicted octanol–water partition coefficient (Wildman–Crippen LogP) is 0.174. The molecule has 0 saturated carbocycles. The van der Waals surface area contributed by atoms with Crippen LogP contribution in [-0.4, -0.2) is 39.4 Å². The predicted molar refractivity (Wildman–Crippen MR) is 46.0 cm³/mol. The van der Waals surface area contributed by atoms with Crippen molar-refractivity contribution in [2.24, 2.45) is 0 Å². The van der Waals surface area contributed by atoms with Crippen molar-refractivity contribution in [1.29, 1.82) is 0 Å². The van der Waals surface area contributed by atoms with E-state index < -0.39 is 0 Å². The molecule has 0 aromatic heterocycles. The molecule has 0 radical (unpaired) electrons. The van der Waals surface area contributed by atoms with Crippen LogP contribution < -0.4 is 5.32 Å². The Morgan fingerprint density at radius 3 is 2.75 bits per heavy atom. The molecule has 0 saturated heterocycles. The third kappa shape index (κ3) is 6.12. The number of carbonyl (C=O) groups is 1. The maximum atomic E-state index is 10.6. The van der Waals surface area contributed by atoms with Crippen LogP contribution in [-0.2, 0) is 14.3 Å². The molecule has 1 unspecified atom stereocenters. The second-order valence-electron chi connectivity index (χ2n) is 2.57. The molecule has 0 fully saturated rings. The fourth-order valence-electron chi connectivity index (χ4n) is 0.792. The molecule has 4 heteroatoms. The number of nitrogens with one attached hydrogen (secondary N) is 1. The molecule has 0 heterocycles. The van der Waals surface area contributed by atoms with Gasteiger partial charge in [-0.15, -0.1) is 0 Å². The summed E-state index contributed by atoms with van der Waals surface area (Å²) in [5.74, 6) is -0.230. The highest BCUT2D eigenvalue weighted by Gasteiger charge is 2.03. The van der Waals surface area contributed by atoms with Gasteiger partial charge in [0, 0.05) is 6.54 Å². The van der Waals surface area contributed by atoms with E-state index in [4.69, 9.17) is 4.74 Å². The van der Waals surface area contributed by atoms with E-state index in [1.165, 1.54) is 7.11 Å². The van der Waals surface area contributed by atoms with Gasteiger partial charge in [0.2, 0.25) is 0 Å². The minimum absolute atomic E-state index is 0.139. The number of likely N-dealkylation sites (N-methyl/N-ethyl adjacent to an activating group) is 1. The standard InChI is InChI=1S/C8H17NO3/c1-7(6-9-2)12-5-4-8(10)11-3/h7,9H,4-6H2,1-3H3. The Labute approximate surface area is 73.2 Å². The van der Waals surface area contributed by atoms with E-state index in [0.29, 0.717) is 13.0 Å². The van der Waals surface area contributed by atoms with Crippen molar-refractivity contribution in [3.05, 3.63) is 0 Å². The van der Waals surface area contributed by atoms with Gasteiger partial charge in [0.15, 0.2) is 0 Å². The molecule has 4 nitrogen and oxygen atoms in total. The first kappa shape index (κ1) is 11.4. The minimum atomic E-state index is -0.230. The summed E-state index contributed by atoms with van der Waals surface area (Å²) in [7, 11) is 3.24. The number of ether oxygens (including phenoxy) is 2. The van der Waals surface area contributed by atoms with Crippen LogP contribution in [0, 0.1) is 0 Å². The van der Waals surface area contributed by atoms with Crippen molar-refractivity contribution in [3.8, 4) is 0 Å². The number of hydrogen-bond acceptors (Lipinski definition) is 4. The van der Waals surface area contributed by atoms with Gasteiger partial charge in [-0.3, -0.25) is 4.79 Å². The molecule has 0 aliphatic carbocycles. The smallest absolute Gasteiger partial charge is 0.307 e. The molecule has 1 N–H and O–H groups in total. The molecule has 12 heavy (non-hydrogen) atoms.